The summed E-state index contributed by atoms with van der Waals surface area (Å²) in [5.41, 5.74) is 0.365. The minimum atomic E-state index is -0.247. The SMILES string of the molecule is O=Cc1ccnc(C2COCCO2)n1. The van der Waals surface area contributed by atoms with Gasteiger partial charge >= 0.3 is 0 Å². The number of aldehydes is 1. The standard InChI is InChI=1S/C9H10N2O3/c12-5-7-1-2-10-9(11-7)8-6-13-3-4-14-8/h1-2,5,8H,3-4,6H2. The molecule has 1 saturated heterocycles. The molecule has 5 heteroatoms. The van der Waals surface area contributed by atoms with Crippen LogP contribution in [0, 0.1) is 0 Å². The molecule has 1 fully saturated rings. The second-order valence-corrected chi connectivity index (χ2v) is 2.89. The van der Waals surface area contributed by atoms with Gasteiger partial charge in [-0.15, -0.1) is 0 Å². The van der Waals surface area contributed by atoms with Gasteiger partial charge in [0.1, 0.15) is 11.8 Å². The Morgan fingerprint density at radius 2 is 2.43 bits per heavy atom. The molecule has 1 atom stereocenters. The van der Waals surface area contributed by atoms with Gasteiger partial charge in [0.05, 0.1) is 19.8 Å². The zero-order chi connectivity index (χ0) is 9.80. The van der Waals surface area contributed by atoms with Crippen molar-refractivity contribution < 1.29 is 14.3 Å². The van der Waals surface area contributed by atoms with Crippen LogP contribution < -0.4 is 0 Å². The highest BCUT2D eigenvalue weighted by molar-refractivity contribution is 5.71. The molecule has 0 aromatic carbocycles. The molecule has 0 amide bonds. The second-order valence-electron chi connectivity index (χ2n) is 2.89. The molecule has 0 saturated carbocycles. The Morgan fingerprint density at radius 3 is 3.14 bits per heavy atom. The lowest BCUT2D eigenvalue weighted by Gasteiger charge is -2.21. The first-order chi connectivity index (χ1) is 6.90. The van der Waals surface area contributed by atoms with Gasteiger partial charge in [-0.25, -0.2) is 9.97 Å². The molecule has 14 heavy (non-hydrogen) atoms. The number of aromatic nitrogens is 2. The van der Waals surface area contributed by atoms with Crippen molar-refractivity contribution in [2.24, 2.45) is 0 Å². The van der Waals surface area contributed by atoms with E-state index in [0.717, 1.165) is 0 Å². The summed E-state index contributed by atoms with van der Waals surface area (Å²) in [4.78, 5) is 18.5. The van der Waals surface area contributed by atoms with E-state index in [0.29, 0.717) is 37.6 Å². The largest absolute Gasteiger partial charge is 0.376 e. The van der Waals surface area contributed by atoms with Crippen LogP contribution in [0.3, 0.4) is 0 Å². The van der Waals surface area contributed by atoms with Crippen molar-refractivity contribution >= 4 is 6.29 Å². The molecule has 2 heterocycles. The average Bonchev–Trinajstić information content (AvgIpc) is 2.30. The molecular weight excluding hydrogens is 184 g/mol. The summed E-state index contributed by atoms with van der Waals surface area (Å²) in [6.45, 7) is 1.59. The van der Waals surface area contributed by atoms with Gasteiger partial charge in [-0.2, -0.15) is 0 Å². The number of carbonyl (C=O) groups is 1. The summed E-state index contributed by atoms with van der Waals surface area (Å²) < 4.78 is 10.6. The topological polar surface area (TPSA) is 61.3 Å². The monoisotopic (exact) mass is 194 g/mol. The van der Waals surface area contributed by atoms with Gasteiger partial charge in [0.25, 0.3) is 0 Å². The third kappa shape index (κ3) is 1.94. The predicted molar refractivity (Wildman–Crippen MR) is 46.9 cm³/mol. The lowest BCUT2D eigenvalue weighted by Crippen LogP contribution is -2.23. The first-order valence-electron chi connectivity index (χ1n) is 4.37. The van der Waals surface area contributed by atoms with Crippen LogP contribution in [0.4, 0.5) is 0 Å². The normalized spacial score (nSPS) is 21.9. The van der Waals surface area contributed by atoms with Crippen LogP contribution in [0.15, 0.2) is 12.3 Å². The first kappa shape index (κ1) is 9.23. The Bertz CT molecular complexity index is 324. The van der Waals surface area contributed by atoms with Gasteiger partial charge < -0.3 is 9.47 Å². The van der Waals surface area contributed by atoms with E-state index >= 15 is 0 Å². The van der Waals surface area contributed by atoms with Crippen molar-refractivity contribution in [2.75, 3.05) is 19.8 Å². The highest BCUT2D eigenvalue weighted by atomic mass is 16.6. The Hall–Kier alpha value is -1.33. The van der Waals surface area contributed by atoms with Crippen molar-refractivity contribution in [3.63, 3.8) is 0 Å². The van der Waals surface area contributed by atoms with Crippen LogP contribution in [0.2, 0.25) is 0 Å². The van der Waals surface area contributed by atoms with E-state index in [1.54, 1.807) is 12.3 Å². The Kier molecular flexibility index (Phi) is 2.81. The smallest absolute Gasteiger partial charge is 0.168 e. The van der Waals surface area contributed by atoms with Crippen LogP contribution in [0.25, 0.3) is 0 Å². The first-order valence-corrected chi connectivity index (χ1v) is 4.37. The second kappa shape index (κ2) is 4.26. The zero-order valence-electron chi connectivity index (χ0n) is 7.55. The van der Waals surface area contributed by atoms with Crippen LogP contribution in [0.1, 0.15) is 22.4 Å². The summed E-state index contributed by atoms with van der Waals surface area (Å²) in [5.74, 6) is 0.509. The number of hydrogen-bond donors (Lipinski definition) is 0. The molecule has 0 N–H and O–H groups in total. The van der Waals surface area contributed by atoms with E-state index in [-0.39, 0.29) is 6.10 Å². The van der Waals surface area contributed by atoms with Gasteiger partial charge in [0.2, 0.25) is 0 Å². The number of rotatable bonds is 2. The molecule has 74 valence electrons. The number of ether oxygens (including phenoxy) is 2. The molecule has 0 bridgehead atoms. The molecule has 0 radical (unpaired) electrons. The third-order valence-corrected chi connectivity index (χ3v) is 1.92. The molecule has 0 spiro atoms. The minimum Gasteiger partial charge on any atom is -0.376 e. The summed E-state index contributed by atoms with van der Waals surface area (Å²) >= 11 is 0. The van der Waals surface area contributed by atoms with E-state index < -0.39 is 0 Å². The maximum Gasteiger partial charge on any atom is 0.168 e. The molecule has 1 aromatic heterocycles. The highest BCUT2D eigenvalue weighted by Crippen LogP contribution is 2.16. The number of carbonyl (C=O) groups excluding carboxylic acids is 1. The van der Waals surface area contributed by atoms with Gasteiger partial charge in [0.15, 0.2) is 12.1 Å². The average molecular weight is 194 g/mol. The quantitative estimate of drug-likeness (QED) is 0.637. The summed E-state index contributed by atoms with van der Waals surface area (Å²) in [6, 6.07) is 1.56. The zero-order valence-corrected chi connectivity index (χ0v) is 7.55. The fraction of sp³-hybridized carbons (Fsp3) is 0.444. The Balaban J connectivity index is 2.17. The van der Waals surface area contributed by atoms with E-state index in [1.165, 1.54) is 0 Å². The summed E-state index contributed by atoms with van der Waals surface area (Å²) in [5, 5.41) is 0. The van der Waals surface area contributed by atoms with Gasteiger partial charge in [0, 0.05) is 6.20 Å². The summed E-state index contributed by atoms with van der Waals surface area (Å²) in [7, 11) is 0. The van der Waals surface area contributed by atoms with Crippen molar-refractivity contribution in [2.45, 2.75) is 6.10 Å². The van der Waals surface area contributed by atoms with E-state index in [2.05, 4.69) is 9.97 Å². The fourth-order valence-corrected chi connectivity index (χ4v) is 1.25. The van der Waals surface area contributed by atoms with E-state index in [1.807, 2.05) is 0 Å². The van der Waals surface area contributed by atoms with E-state index in [4.69, 9.17) is 9.47 Å². The Morgan fingerprint density at radius 1 is 1.50 bits per heavy atom. The molecule has 5 nitrogen and oxygen atoms in total. The van der Waals surface area contributed by atoms with Gasteiger partial charge in [-0.05, 0) is 6.07 Å². The van der Waals surface area contributed by atoms with Crippen molar-refractivity contribution in [3.8, 4) is 0 Å². The maximum atomic E-state index is 10.5. The van der Waals surface area contributed by atoms with Gasteiger partial charge in [-0.1, -0.05) is 0 Å². The Labute approximate surface area is 81.1 Å². The van der Waals surface area contributed by atoms with Crippen molar-refractivity contribution in [1.29, 1.82) is 0 Å². The van der Waals surface area contributed by atoms with Gasteiger partial charge in [-0.3, -0.25) is 4.79 Å². The van der Waals surface area contributed by atoms with Crippen LogP contribution in [-0.4, -0.2) is 36.1 Å². The van der Waals surface area contributed by atoms with E-state index in [9.17, 15) is 4.79 Å². The predicted octanol–water partition coefficient (Wildman–Crippen LogP) is 0.377. The van der Waals surface area contributed by atoms with Crippen LogP contribution in [-0.2, 0) is 9.47 Å². The lowest BCUT2D eigenvalue weighted by atomic mass is 10.3. The minimum absolute atomic E-state index is 0.247. The van der Waals surface area contributed by atoms with Crippen LogP contribution >= 0.6 is 0 Å². The molecule has 1 aliphatic heterocycles. The molecule has 1 unspecified atom stereocenters. The molecule has 1 aliphatic rings. The fourth-order valence-electron chi connectivity index (χ4n) is 1.25. The number of hydrogen-bond acceptors (Lipinski definition) is 5. The third-order valence-electron chi connectivity index (χ3n) is 1.92. The number of nitrogens with zero attached hydrogens (tertiary/aromatic N) is 2. The maximum absolute atomic E-state index is 10.5. The molecule has 0 aliphatic carbocycles. The molecule has 1 aromatic rings. The van der Waals surface area contributed by atoms with Crippen LogP contribution in [0.5, 0.6) is 0 Å². The van der Waals surface area contributed by atoms with Crippen molar-refractivity contribution in [3.05, 3.63) is 23.8 Å². The highest BCUT2D eigenvalue weighted by Gasteiger charge is 2.19. The summed E-state index contributed by atoms with van der Waals surface area (Å²) in [6.07, 6.45) is 1.99. The molecular formula is C9H10N2O3. The lowest BCUT2D eigenvalue weighted by molar-refractivity contribution is -0.0935. The molecule has 2 rings (SSSR count). The van der Waals surface area contributed by atoms with Crippen molar-refractivity contribution in [1.82, 2.24) is 9.97 Å².